The van der Waals surface area contributed by atoms with Crippen LogP contribution in [0, 0.1) is 0 Å². The van der Waals surface area contributed by atoms with Gasteiger partial charge in [0.25, 0.3) is 17.4 Å². The molecule has 1 atom stereocenters. The lowest BCUT2D eigenvalue weighted by molar-refractivity contribution is -0.595. The molecule has 8 rings (SSSR count). The lowest BCUT2D eigenvalue weighted by atomic mass is 9.94. The lowest BCUT2D eigenvalue weighted by Crippen LogP contribution is -2.41. The van der Waals surface area contributed by atoms with Crippen LogP contribution in [0.15, 0.2) is 145 Å². The van der Waals surface area contributed by atoms with E-state index in [-0.39, 0.29) is 11.6 Å². The molecule has 1 unspecified atom stereocenters. The maximum Gasteiger partial charge on any atom is 0.323 e. The van der Waals surface area contributed by atoms with Gasteiger partial charge in [-0.25, -0.2) is 0 Å². The van der Waals surface area contributed by atoms with Gasteiger partial charge in [-0.1, -0.05) is 18.2 Å². The first-order chi connectivity index (χ1) is 28.0. The summed E-state index contributed by atoms with van der Waals surface area (Å²) in [6.45, 7) is -0.561. The van der Waals surface area contributed by atoms with Crippen molar-refractivity contribution in [3.8, 4) is 27.9 Å². The van der Waals surface area contributed by atoms with Crippen molar-refractivity contribution in [2.75, 3.05) is 18.4 Å². The third-order valence-corrected chi connectivity index (χ3v) is 10.0. The van der Waals surface area contributed by atoms with Crippen molar-refractivity contribution in [1.82, 2.24) is 19.4 Å². The number of carbonyl (C=O) groups is 4. The highest BCUT2D eigenvalue weighted by molar-refractivity contribution is 6.09. The van der Waals surface area contributed by atoms with Crippen molar-refractivity contribution >= 4 is 40.2 Å². The molecule has 3 aromatic heterocycles. The minimum atomic E-state index is -1.19. The van der Waals surface area contributed by atoms with Gasteiger partial charge in [0, 0.05) is 77.9 Å². The Balaban J connectivity index is 1.11. The second kappa shape index (κ2) is 15.4. The molecule has 2 amide bonds. The molecular formula is C44H35N6O8+. The minimum absolute atomic E-state index is 0.227. The monoisotopic (exact) mass is 775 g/mol. The first-order valence-corrected chi connectivity index (χ1v) is 18.2. The summed E-state index contributed by atoms with van der Waals surface area (Å²) in [6, 6.07) is 25.4. The van der Waals surface area contributed by atoms with Crippen LogP contribution in [-0.4, -0.2) is 77.7 Å². The molecule has 14 nitrogen and oxygen atoms in total. The zero-order valence-electron chi connectivity index (χ0n) is 30.7. The van der Waals surface area contributed by atoms with Gasteiger partial charge >= 0.3 is 11.9 Å². The molecule has 4 N–H and O–H groups in total. The number of hydrogen-bond donors (Lipinski definition) is 4. The molecule has 5 heterocycles. The van der Waals surface area contributed by atoms with Gasteiger partial charge < -0.3 is 35.0 Å². The number of amides is 2. The van der Waals surface area contributed by atoms with Gasteiger partial charge in [0.2, 0.25) is 5.69 Å². The number of aromatic nitrogens is 3. The third kappa shape index (κ3) is 7.59. The van der Waals surface area contributed by atoms with E-state index in [0.29, 0.717) is 29.8 Å². The van der Waals surface area contributed by atoms with Crippen LogP contribution < -0.4 is 15.4 Å². The Bertz CT molecular complexity index is 2780. The first-order valence-electron chi connectivity index (χ1n) is 18.2. The van der Waals surface area contributed by atoms with E-state index in [0.717, 1.165) is 48.8 Å². The summed E-state index contributed by atoms with van der Waals surface area (Å²) in [5.41, 5.74) is 6.04. The normalized spacial score (nSPS) is 14.9. The summed E-state index contributed by atoms with van der Waals surface area (Å²) in [6.07, 6.45) is 12.6. The molecular weight excluding hydrogens is 741 g/mol. The SMILES string of the molecule is O=C(O)CN1C=C(N2CCc3ccc(-c4ccc[n+](-c5ccc6c(-c7cccnc7)cc(C(=O)Nc7ccc(=O)n(CC(=O)O)c7)cc6c5)c4)cc3C2=O)C=CC1O. The number of rotatable bonds is 10. The molecule has 0 spiro atoms. The number of benzene rings is 3. The second-order valence-electron chi connectivity index (χ2n) is 13.9. The Morgan fingerprint density at radius 3 is 2.48 bits per heavy atom. The van der Waals surface area contributed by atoms with Crippen LogP contribution >= 0.6 is 0 Å². The molecule has 0 saturated heterocycles. The highest BCUT2D eigenvalue weighted by Gasteiger charge is 2.29. The average Bonchev–Trinajstić information content (AvgIpc) is 3.22. The van der Waals surface area contributed by atoms with Crippen LogP contribution in [0.4, 0.5) is 5.69 Å². The number of aliphatic hydroxyl groups excluding tert-OH is 1. The number of anilines is 1. The van der Waals surface area contributed by atoms with Crippen LogP contribution in [0.25, 0.3) is 38.7 Å². The Morgan fingerprint density at radius 2 is 1.69 bits per heavy atom. The topological polar surface area (TPSA) is 186 Å². The Kier molecular flexibility index (Phi) is 9.91. The molecule has 14 heteroatoms. The van der Waals surface area contributed by atoms with Gasteiger partial charge in [0.15, 0.2) is 12.4 Å². The number of fused-ring (bicyclic) bond motifs is 2. The number of aliphatic hydroxyl groups is 1. The molecule has 2 aliphatic rings. The van der Waals surface area contributed by atoms with E-state index in [9.17, 15) is 39.3 Å². The van der Waals surface area contributed by atoms with E-state index in [2.05, 4.69) is 10.3 Å². The fourth-order valence-corrected chi connectivity index (χ4v) is 7.23. The molecule has 6 aromatic rings. The van der Waals surface area contributed by atoms with Crippen LogP contribution in [0.5, 0.6) is 0 Å². The summed E-state index contributed by atoms with van der Waals surface area (Å²) in [5, 5.41) is 33.1. The van der Waals surface area contributed by atoms with E-state index in [1.165, 1.54) is 35.5 Å². The number of carboxylic acids is 2. The molecule has 0 bridgehead atoms. The van der Waals surface area contributed by atoms with Crippen LogP contribution in [0.3, 0.4) is 0 Å². The Labute approximate surface area is 330 Å². The number of aliphatic carboxylic acids is 2. The van der Waals surface area contributed by atoms with Gasteiger partial charge in [0.1, 0.15) is 19.3 Å². The van der Waals surface area contributed by atoms with E-state index in [1.54, 1.807) is 35.5 Å². The maximum atomic E-state index is 13.9. The molecule has 0 fully saturated rings. The number of nitrogens with zero attached hydrogens (tertiary/aromatic N) is 5. The standard InChI is InChI=1S/C44H34N6O8/c51-39-11-7-33(23-48(39)25-41(53)54)46-43(57)32-17-31-18-34(8-10-36(31)37(20-32)29-3-1-14-45-21-29)47-15-2-4-30(22-47)28-6-5-27-13-16-50(44(58)38(27)19-28)35-9-12-40(52)49(24-35)26-42(55)56/h1-12,14-15,17-24,40,52H,13,16,25-26H2,(H2-,46,53,54,55,56,57)/p+1. The van der Waals surface area contributed by atoms with E-state index >= 15 is 0 Å². The van der Waals surface area contributed by atoms with Crippen molar-refractivity contribution in [1.29, 1.82) is 0 Å². The van der Waals surface area contributed by atoms with Crippen molar-refractivity contribution in [3.63, 3.8) is 0 Å². The molecule has 0 aliphatic carbocycles. The van der Waals surface area contributed by atoms with E-state index < -0.39 is 42.7 Å². The van der Waals surface area contributed by atoms with E-state index in [1.807, 2.05) is 77.6 Å². The van der Waals surface area contributed by atoms with Crippen LogP contribution in [0.2, 0.25) is 0 Å². The zero-order valence-corrected chi connectivity index (χ0v) is 30.7. The Hall–Kier alpha value is -7.71. The van der Waals surface area contributed by atoms with Gasteiger partial charge in [-0.3, -0.25) is 29.0 Å². The number of hydrogen-bond acceptors (Lipinski definition) is 8. The second-order valence-corrected chi connectivity index (χ2v) is 13.9. The summed E-state index contributed by atoms with van der Waals surface area (Å²) in [4.78, 5) is 69.5. The first kappa shape index (κ1) is 37.2. The van der Waals surface area contributed by atoms with Gasteiger partial charge in [-0.05, 0) is 88.5 Å². The number of carboxylic acid groups (broad SMARTS) is 2. The smallest absolute Gasteiger partial charge is 0.323 e. The molecule has 0 radical (unpaired) electrons. The summed E-state index contributed by atoms with van der Waals surface area (Å²) < 4.78 is 2.95. The Morgan fingerprint density at radius 1 is 0.862 bits per heavy atom. The summed E-state index contributed by atoms with van der Waals surface area (Å²) in [5.74, 6) is -2.98. The molecule has 2 aliphatic heterocycles. The number of nitrogens with one attached hydrogen (secondary N) is 1. The summed E-state index contributed by atoms with van der Waals surface area (Å²) in [7, 11) is 0. The fraction of sp³-hybridized carbons (Fsp3) is 0.114. The third-order valence-electron chi connectivity index (χ3n) is 10.0. The lowest BCUT2D eigenvalue weighted by Gasteiger charge is -2.34. The van der Waals surface area contributed by atoms with Gasteiger partial charge in [-0.15, -0.1) is 0 Å². The van der Waals surface area contributed by atoms with Crippen molar-refractivity contribution in [2.45, 2.75) is 19.2 Å². The van der Waals surface area contributed by atoms with Crippen molar-refractivity contribution < 1.29 is 39.1 Å². The number of carbonyl (C=O) groups excluding carboxylic acids is 2. The number of allylic oxidation sites excluding steroid dienone is 1. The molecule has 58 heavy (non-hydrogen) atoms. The zero-order chi connectivity index (χ0) is 40.5. The quantitative estimate of drug-likeness (QED) is 0.145. The fourth-order valence-electron chi connectivity index (χ4n) is 7.23. The highest BCUT2D eigenvalue weighted by atomic mass is 16.4. The predicted octanol–water partition coefficient (Wildman–Crippen LogP) is 4.46. The highest BCUT2D eigenvalue weighted by Crippen LogP contribution is 2.32. The molecule has 0 saturated carbocycles. The van der Waals surface area contributed by atoms with Gasteiger partial charge in [-0.2, -0.15) is 4.57 Å². The van der Waals surface area contributed by atoms with Gasteiger partial charge in [0.05, 0.1) is 11.4 Å². The average molecular weight is 776 g/mol. The van der Waals surface area contributed by atoms with E-state index in [4.69, 9.17) is 0 Å². The van der Waals surface area contributed by atoms with Crippen LogP contribution in [0.1, 0.15) is 26.3 Å². The van der Waals surface area contributed by atoms with Crippen LogP contribution in [-0.2, 0) is 22.6 Å². The van der Waals surface area contributed by atoms with Crippen molar-refractivity contribution in [2.24, 2.45) is 0 Å². The largest absolute Gasteiger partial charge is 0.480 e. The predicted molar refractivity (Wildman–Crippen MR) is 213 cm³/mol. The molecule has 288 valence electrons. The summed E-state index contributed by atoms with van der Waals surface area (Å²) >= 11 is 0. The molecule has 3 aromatic carbocycles. The number of pyridine rings is 3. The maximum absolute atomic E-state index is 13.9. The van der Waals surface area contributed by atoms with Crippen molar-refractivity contribution in [3.05, 3.63) is 167 Å². The minimum Gasteiger partial charge on any atom is -0.480 e.